The van der Waals surface area contributed by atoms with Gasteiger partial charge in [0.25, 0.3) is 0 Å². The third-order valence-corrected chi connectivity index (χ3v) is 3.85. The van der Waals surface area contributed by atoms with Gasteiger partial charge in [-0.25, -0.2) is 0 Å². The molecule has 0 aliphatic heterocycles. The van der Waals surface area contributed by atoms with Gasteiger partial charge in [0.05, 0.1) is 5.56 Å². The SMILES string of the molecule is Cc1c(C#N)c(N)n(-c2ccc3ccccc3c2)c1C. The fourth-order valence-corrected chi connectivity index (χ4v) is 2.62. The maximum absolute atomic E-state index is 9.21. The molecular formula is C17H15N3. The molecule has 2 aromatic carbocycles. The Hall–Kier alpha value is -2.73. The zero-order valence-electron chi connectivity index (χ0n) is 11.5. The first-order valence-electron chi connectivity index (χ1n) is 6.50. The van der Waals surface area contributed by atoms with Gasteiger partial charge in [-0.1, -0.05) is 30.3 Å². The van der Waals surface area contributed by atoms with Crippen molar-refractivity contribution < 1.29 is 0 Å². The molecule has 0 unspecified atom stereocenters. The van der Waals surface area contributed by atoms with Crippen LogP contribution in [0.5, 0.6) is 0 Å². The van der Waals surface area contributed by atoms with Crippen molar-refractivity contribution in [1.82, 2.24) is 4.57 Å². The fourth-order valence-electron chi connectivity index (χ4n) is 2.62. The van der Waals surface area contributed by atoms with E-state index < -0.39 is 0 Å². The van der Waals surface area contributed by atoms with Gasteiger partial charge in [0.15, 0.2) is 0 Å². The standard InChI is InChI=1S/C17H15N3/c1-11-12(2)20(17(19)16(11)10-18)15-8-7-13-5-3-4-6-14(13)9-15/h3-9H,19H2,1-2H3. The second-order valence-corrected chi connectivity index (χ2v) is 4.95. The summed E-state index contributed by atoms with van der Waals surface area (Å²) in [6, 6.07) is 16.6. The van der Waals surface area contributed by atoms with E-state index in [9.17, 15) is 5.26 Å². The highest BCUT2D eigenvalue weighted by Gasteiger charge is 2.16. The maximum atomic E-state index is 9.21. The van der Waals surface area contributed by atoms with E-state index in [0.29, 0.717) is 11.4 Å². The minimum atomic E-state index is 0.512. The fraction of sp³-hybridized carbons (Fsp3) is 0.118. The minimum Gasteiger partial charge on any atom is -0.384 e. The van der Waals surface area contributed by atoms with Gasteiger partial charge < -0.3 is 5.73 Å². The molecule has 0 radical (unpaired) electrons. The first-order chi connectivity index (χ1) is 9.63. The Morgan fingerprint density at radius 2 is 1.75 bits per heavy atom. The van der Waals surface area contributed by atoms with E-state index in [1.165, 1.54) is 5.39 Å². The lowest BCUT2D eigenvalue weighted by Gasteiger charge is -2.10. The zero-order chi connectivity index (χ0) is 14.3. The van der Waals surface area contributed by atoms with Crippen molar-refractivity contribution in [1.29, 1.82) is 5.26 Å². The van der Waals surface area contributed by atoms with E-state index in [0.717, 1.165) is 22.3 Å². The molecule has 0 bridgehead atoms. The number of anilines is 1. The van der Waals surface area contributed by atoms with Crippen LogP contribution in [0.3, 0.4) is 0 Å². The number of hydrogen-bond donors (Lipinski definition) is 1. The predicted octanol–water partition coefficient (Wildman–Crippen LogP) is 3.70. The van der Waals surface area contributed by atoms with Gasteiger partial charge in [-0.2, -0.15) is 5.26 Å². The molecule has 0 spiro atoms. The molecule has 0 fully saturated rings. The normalized spacial score (nSPS) is 10.7. The predicted molar refractivity (Wildman–Crippen MR) is 81.9 cm³/mol. The lowest BCUT2D eigenvalue weighted by atomic mass is 10.1. The van der Waals surface area contributed by atoms with Gasteiger partial charge in [0, 0.05) is 11.4 Å². The Kier molecular flexibility index (Phi) is 2.73. The second kappa shape index (κ2) is 4.43. The third kappa shape index (κ3) is 1.66. The number of nitrogen functional groups attached to an aromatic ring is 1. The van der Waals surface area contributed by atoms with E-state index in [1.807, 2.05) is 36.6 Å². The van der Waals surface area contributed by atoms with Crippen molar-refractivity contribution in [3.05, 3.63) is 59.3 Å². The summed E-state index contributed by atoms with van der Waals surface area (Å²) in [6.07, 6.45) is 0. The molecule has 98 valence electrons. The molecule has 0 saturated heterocycles. The molecule has 0 atom stereocenters. The summed E-state index contributed by atoms with van der Waals surface area (Å²) in [5.41, 5.74) is 9.64. The molecule has 20 heavy (non-hydrogen) atoms. The van der Waals surface area contributed by atoms with E-state index >= 15 is 0 Å². The number of nitrogens with zero attached hydrogens (tertiary/aromatic N) is 2. The van der Waals surface area contributed by atoms with Crippen molar-refractivity contribution in [2.75, 3.05) is 5.73 Å². The van der Waals surface area contributed by atoms with Crippen molar-refractivity contribution in [2.45, 2.75) is 13.8 Å². The van der Waals surface area contributed by atoms with Gasteiger partial charge in [-0.05, 0) is 42.3 Å². The molecular weight excluding hydrogens is 246 g/mol. The number of nitrogens with two attached hydrogens (primary N) is 1. The summed E-state index contributed by atoms with van der Waals surface area (Å²) < 4.78 is 1.94. The summed E-state index contributed by atoms with van der Waals surface area (Å²) in [4.78, 5) is 0. The largest absolute Gasteiger partial charge is 0.384 e. The summed E-state index contributed by atoms with van der Waals surface area (Å²) in [5, 5.41) is 11.6. The molecule has 3 rings (SSSR count). The number of rotatable bonds is 1. The number of aromatic nitrogens is 1. The first-order valence-corrected chi connectivity index (χ1v) is 6.50. The smallest absolute Gasteiger partial charge is 0.126 e. The van der Waals surface area contributed by atoms with Crippen LogP contribution in [0.15, 0.2) is 42.5 Å². The summed E-state index contributed by atoms with van der Waals surface area (Å²) in [6.45, 7) is 3.92. The average molecular weight is 261 g/mol. The molecule has 1 aromatic heterocycles. The number of fused-ring (bicyclic) bond motifs is 1. The van der Waals surface area contributed by atoms with Crippen molar-refractivity contribution in [3.63, 3.8) is 0 Å². The Balaban J connectivity index is 2.29. The molecule has 0 saturated carbocycles. The van der Waals surface area contributed by atoms with Crippen molar-refractivity contribution >= 4 is 16.6 Å². The van der Waals surface area contributed by atoms with Gasteiger partial charge >= 0.3 is 0 Å². The van der Waals surface area contributed by atoms with Crippen LogP contribution in [0.2, 0.25) is 0 Å². The third-order valence-electron chi connectivity index (χ3n) is 3.85. The molecule has 0 amide bonds. The minimum absolute atomic E-state index is 0.512. The zero-order valence-corrected chi connectivity index (χ0v) is 11.5. The second-order valence-electron chi connectivity index (χ2n) is 4.95. The number of benzene rings is 2. The molecule has 3 heteroatoms. The molecule has 0 aliphatic rings. The van der Waals surface area contributed by atoms with Crippen LogP contribution in [-0.2, 0) is 0 Å². The van der Waals surface area contributed by atoms with E-state index in [4.69, 9.17) is 5.73 Å². The Labute approximate surface area is 117 Å². The van der Waals surface area contributed by atoms with Crippen molar-refractivity contribution in [2.24, 2.45) is 0 Å². The van der Waals surface area contributed by atoms with Crippen LogP contribution in [-0.4, -0.2) is 4.57 Å². The number of nitriles is 1. The van der Waals surface area contributed by atoms with Gasteiger partial charge in [0.2, 0.25) is 0 Å². The first kappa shape index (κ1) is 12.3. The monoisotopic (exact) mass is 261 g/mol. The van der Waals surface area contributed by atoms with E-state index in [2.05, 4.69) is 30.3 Å². The average Bonchev–Trinajstić information content (AvgIpc) is 2.68. The maximum Gasteiger partial charge on any atom is 0.126 e. The van der Waals surface area contributed by atoms with Gasteiger partial charge in [-0.3, -0.25) is 4.57 Å². The summed E-state index contributed by atoms with van der Waals surface area (Å²) >= 11 is 0. The van der Waals surface area contributed by atoms with Crippen LogP contribution >= 0.6 is 0 Å². The van der Waals surface area contributed by atoms with Gasteiger partial charge in [0.1, 0.15) is 11.9 Å². The highest BCUT2D eigenvalue weighted by atomic mass is 15.1. The van der Waals surface area contributed by atoms with Crippen LogP contribution in [0.4, 0.5) is 5.82 Å². The molecule has 2 N–H and O–H groups in total. The summed E-state index contributed by atoms with van der Waals surface area (Å²) in [5.74, 6) is 0.512. The highest BCUT2D eigenvalue weighted by molar-refractivity contribution is 5.84. The highest BCUT2D eigenvalue weighted by Crippen LogP contribution is 2.29. The topological polar surface area (TPSA) is 54.7 Å². The Morgan fingerprint density at radius 3 is 2.40 bits per heavy atom. The molecule has 0 aliphatic carbocycles. The lowest BCUT2D eigenvalue weighted by Crippen LogP contribution is -2.02. The van der Waals surface area contributed by atoms with Crippen molar-refractivity contribution in [3.8, 4) is 11.8 Å². The van der Waals surface area contributed by atoms with E-state index in [1.54, 1.807) is 0 Å². The van der Waals surface area contributed by atoms with Crippen LogP contribution in [0, 0.1) is 25.2 Å². The van der Waals surface area contributed by atoms with Crippen LogP contribution in [0.1, 0.15) is 16.8 Å². The van der Waals surface area contributed by atoms with Crippen LogP contribution < -0.4 is 5.73 Å². The molecule has 3 nitrogen and oxygen atoms in total. The Morgan fingerprint density at radius 1 is 1.05 bits per heavy atom. The molecule has 1 heterocycles. The van der Waals surface area contributed by atoms with Crippen LogP contribution in [0.25, 0.3) is 16.5 Å². The van der Waals surface area contributed by atoms with E-state index in [-0.39, 0.29) is 0 Å². The van der Waals surface area contributed by atoms with Gasteiger partial charge in [-0.15, -0.1) is 0 Å². The lowest BCUT2D eigenvalue weighted by molar-refractivity contribution is 1.02. The Bertz CT molecular complexity index is 851. The molecule has 3 aromatic rings. The number of hydrogen-bond acceptors (Lipinski definition) is 2. The quantitative estimate of drug-likeness (QED) is 0.726. The summed E-state index contributed by atoms with van der Waals surface area (Å²) in [7, 11) is 0.